The molecule has 1 atom stereocenters. The van der Waals surface area contributed by atoms with Gasteiger partial charge in [-0.15, -0.1) is 12.4 Å². The third kappa shape index (κ3) is 4.15. The highest BCUT2D eigenvalue weighted by Gasteiger charge is 2.29. The number of ether oxygens (including phenoxy) is 1. The summed E-state index contributed by atoms with van der Waals surface area (Å²) in [4.78, 5) is 0. The topological polar surface area (TPSA) is 41.5 Å². The fourth-order valence-electron chi connectivity index (χ4n) is 1.85. The van der Waals surface area contributed by atoms with Gasteiger partial charge in [0.05, 0.1) is 0 Å². The minimum atomic E-state index is -0.829. The monoisotopic (exact) mass is 261 g/mol. The largest absolute Gasteiger partial charge is 0.490 e. The maximum Gasteiger partial charge on any atom is 0.126 e. The van der Waals surface area contributed by atoms with Gasteiger partial charge in [0.15, 0.2) is 0 Å². The van der Waals surface area contributed by atoms with E-state index in [-0.39, 0.29) is 24.8 Å². The third-order valence-electron chi connectivity index (χ3n) is 2.75. The van der Waals surface area contributed by atoms with Gasteiger partial charge < -0.3 is 15.2 Å². The van der Waals surface area contributed by atoms with Crippen LogP contribution in [0, 0.1) is 5.82 Å². The molecule has 0 amide bonds. The Bertz CT molecular complexity index is 356. The molecule has 1 fully saturated rings. The standard InChI is InChI=1S/C12H16FNO2.ClH/c13-10-3-1-4-11(7-10)16-9-12(15)5-2-6-14-8-12;/h1,3-4,7,14-15H,2,5-6,8-9H2;1H. The highest BCUT2D eigenvalue weighted by Crippen LogP contribution is 2.19. The van der Waals surface area contributed by atoms with Crippen LogP contribution in [0.5, 0.6) is 5.75 Å². The molecule has 2 N–H and O–H groups in total. The van der Waals surface area contributed by atoms with Crippen molar-refractivity contribution in [3.63, 3.8) is 0 Å². The van der Waals surface area contributed by atoms with Gasteiger partial charge in [0.25, 0.3) is 0 Å². The fourth-order valence-corrected chi connectivity index (χ4v) is 1.85. The maximum absolute atomic E-state index is 12.9. The summed E-state index contributed by atoms with van der Waals surface area (Å²) in [6.07, 6.45) is 1.65. The summed E-state index contributed by atoms with van der Waals surface area (Å²) in [6.45, 7) is 1.66. The zero-order chi connectivity index (χ0) is 11.4. The lowest BCUT2D eigenvalue weighted by Crippen LogP contribution is -2.49. The Kier molecular flexibility index (Phi) is 5.18. The lowest BCUT2D eigenvalue weighted by molar-refractivity contribution is -0.0231. The zero-order valence-electron chi connectivity index (χ0n) is 9.49. The van der Waals surface area contributed by atoms with Crippen LogP contribution >= 0.6 is 12.4 Å². The quantitative estimate of drug-likeness (QED) is 0.871. The van der Waals surface area contributed by atoms with Gasteiger partial charge in [0.1, 0.15) is 23.8 Å². The predicted octanol–water partition coefficient (Wildman–Crippen LogP) is 1.74. The van der Waals surface area contributed by atoms with Crippen molar-refractivity contribution < 1.29 is 14.2 Å². The van der Waals surface area contributed by atoms with Crippen LogP contribution in [0.4, 0.5) is 4.39 Å². The van der Waals surface area contributed by atoms with Crippen LogP contribution in [0.2, 0.25) is 0 Å². The molecule has 96 valence electrons. The Morgan fingerprint density at radius 1 is 1.47 bits per heavy atom. The van der Waals surface area contributed by atoms with Crippen LogP contribution in [-0.2, 0) is 0 Å². The second kappa shape index (κ2) is 6.19. The molecule has 1 aromatic rings. The SMILES string of the molecule is Cl.OC1(COc2cccc(F)c2)CCCNC1. The lowest BCUT2D eigenvalue weighted by atomic mass is 9.95. The highest BCUT2D eigenvalue weighted by molar-refractivity contribution is 5.85. The number of hydrogen-bond acceptors (Lipinski definition) is 3. The second-order valence-corrected chi connectivity index (χ2v) is 4.25. The van der Waals surface area contributed by atoms with E-state index in [0.29, 0.717) is 12.3 Å². The normalized spacial score (nSPS) is 23.9. The number of β-amino-alcohol motifs (C(OH)–C–C–N with tert-alkyl or cyclic N) is 1. The van der Waals surface area contributed by atoms with Crippen molar-refractivity contribution in [2.45, 2.75) is 18.4 Å². The molecule has 2 rings (SSSR count). The Labute approximate surface area is 106 Å². The van der Waals surface area contributed by atoms with Crippen LogP contribution in [0.25, 0.3) is 0 Å². The molecule has 0 radical (unpaired) electrons. The van der Waals surface area contributed by atoms with E-state index in [4.69, 9.17) is 4.74 Å². The van der Waals surface area contributed by atoms with Crippen molar-refractivity contribution in [1.29, 1.82) is 0 Å². The summed E-state index contributed by atoms with van der Waals surface area (Å²) >= 11 is 0. The molecule has 0 saturated carbocycles. The first kappa shape index (κ1) is 14.2. The molecular weight excluding hydrogens is 245 g/mol. The maximum atomic E-state index is 12.9. The van der Waals surface area contributed by atoms with E-state index in [2.05, 4.69) is 5.32 Å². The molecule has 1 heterocycles. The van der Waals surface area contributed by atoms with Crippen molar-refractivity contribution >= 4 is 12.4 Å². The van der Waals surface area contributed by atoms with Crippen molar-refractivity contribution in [2.75, 3.05) is 19.7 Å². The van der Waals surface area contributed by atoms with Gasteiger partial charge in [0.2, 0.25) is 0 Å². The third-order valence-corrected chi connectivity index (χ3v) is 2.75. The van der Waals surface area contributed by atoms with Crippen molar-refractivity contribution in [3.8, 4) is 5.75 Å². The summed E-state index contributed by atoms with van der Waals surface area (Å²) in [5.41, 5.74) is -0.829. The molecule has 1 aliphatic rings. The lowest BCUT2D eigenvalue weighted by Gasteiger charge is -2.32. The van der Waals surface area contributed by atoms with Gasteiger partial charge in [-0.1, -0.05) is 6.07 Å². The minimum Gasteiger partial charge on any atom is -0.490 e. The Morgan fingerprint density at radius 2 is 2.29 bits per heavy atom. The van der Waals surface area contributed by atoms with Gasteiger partial charge in [-0.05, 0) is 31.5 Å². The molecule has 0 aliphatic carbocycles. The average Bonchev–Trinajstić information content (AvgIpc) is 2.28. The van der Waals surface area contributed by atoms with Gasteiger partial charge in [-0.2, -0.15) is 0 Å². The Hall–Kier alpha value is -0.840. The molecule has 0 bridgehead atoms. The number of piperidine rings is 1. The average molecular weight is 262 g/mol. The molecule has 1 unspecified atom stereocenters. The van der Waals surface area contributed by atoms with E-state index < -0.39 is 5.60 Å². The van der Waals surface area contributed by atoms with Crippen molar-refractivity contribution in [3.05, 3.63) is 30.1 Å². The number of rotatable bonds is 3. The number of aliphatic hydroxyl groups is 1. The number of halogens is 2. The summed E-state index contributed by atoms with van der Waals surface area (Å²) in [5, 5.41) is 13.2. The summed E-state index contributed by atoms with van der Waals surface area (Å²) in [6, 6.07) is 5.96. The number of benzene rings is 1. The van der Waals surface area contributed by atoms with Crippen LogP contribution in [0.3, 0.4) is 0 Å². The number of hydrogen-bond donors (Lipinski definition) is 2. The van der Waals surface area contributed by atoms with E-state index in [0.717, 1.165) is 19.4 Å². The van der Waals surface area contributed by atoms with E-state index >= 15 is 0 Å². The van der Waals surface area contributed by atoms with Gasteiger partial charge in [-0.3, -0.25) is 0 Å². The smallest absolute Gasteiger partial charge is 0.126 e. The molecule has 0 spiro atoms. The van der Waals surface area contributed by atoms with E-state index in [1.54, 1.807) is 12.1 Å². The van der Waals surface area contributed by atoms with Crippen LogP contribution in [-0.4, -0.2) is 30.4 Å². The van der Waals surface area contributed by atoms with Crippen molar-refractivity contribution in [2.24, 2.45) is 0 Å². The number of nitrogens with one attached hydrogen (secondary N) is 1. The van der Waals surface area contributed by atoms with Crippen LogP contribution in [0.1, 0.15) is 12.8 Å². The van der Waals surface area contributed by atoms with Gasteiger partial charge in [0, 0.05) is 12.6 Å². The molecular formula is C12H17ClFNO2. The Morgan fingerprint density at radius 3 is 2.94 bits per heavy atom. The fraction of sp³-hybridized carbons (Fsp3) is 0.500. The summed E-state index contributed by atoms with van der Waals surface area (Å²) in [5.74, 6) is 0.130. The first-order valence-electron chi connectivity index (χ1n) is 5.49. The van der Waals surface area contributed by atoms with Gasteiger partial charge >= 0.3 is 0 Å². The molecule has 0 aromatic heterocycles. The van der Waals surface area contributed by atoms with E-state index in [9.17, 15) is 9.50 Å². The summed E-state index contributed by atoms with van der Waals surface area (Å²) < 4.78 is 18.3. The Balaban J connectivity index is 0.00000144. The predicted molar refractivity (Wildman–Crippen MR) is 66.2 cm³/mol. The zero-order valence-corrected chi connectivity index (χ0v) is 10.3. The molecule has 1 aliphatic heterocycles. The first-order chi connectivity index (χ1) is 7.68. The van der Waals surface area contributed by atoms with Gasteiger partial charge in [-0.25, -0.2) is 4.39 Å². The summed E-state index contributed by atoms with van der Waals surface area (Å²) in [7, 11) is 0. The second-order valence-electron chi connectivity index (χ2n) is 4.25. The van der Waals surface area contributed by atoms with Crippen molar-refractivity contribution in [1.82, 2.24) is 5.32 Å². The van der Waals surface area contributed by atoms with Crippen LogP contribution in [0.15, 0.2) is 24.3 Å². The van der Waals surface area contributed by atoms with E-state index in [1.165, 1.54) is 12.1 Å². The molecule has 1 aromatic carbocycles. The van der Waals surface area contributed by atoms with E-state index in [1.807, 2.05) is 0 Å². The first-order valence-corrected chi connectivity index (χ1v) is 5.49. The molecule has 5 heteroatoms. The van der Waals surface area contributed by atoms with Crippen LogP contribution < -0.4 is 10.1 Å². The minimum absolute atomic E-state index is 0. The molecule has 3 nitrogen and oxygen atoms in total. The molecule has 1 saturated heterocycles. The molecule has 17 heavy (non-hydrogen) atoms. The highest BCUT2D eigenvalue weighted by atomic mass is 35.5.